The maximum absolute atomic E-state index is 12.9. The van der Waals surface area contributed by atoms with E-state index in [1.165, 1.54) is 24.4 Å². The largest absolute Gasteiger partial charge is 0.478 e. The van der Waals surface area contributed by atoms with Gasteiger partial charge in [0.15, 0.2) is 0 Å². The minimum atomic E-state index is -1.13. The van der Waals surface area contributed by atoms with E-state index in [1.807, 2.05) is 0 Å². The first kappa shape index (κ1) is 12.3. The molecule has 6 heteroatoms. The number of aromatic nitrogens is 1. The van der Waals surface area contributed by atoms with Gasteiger partial charge in [0.05, 0.1) is 18.0 Å². The second-order valence-corrected chi connectivity index (χ2v) is 3.86. The summed E-state index contributed by atoms with van der Waals surface area (Å²) in [6, 6.07) is 5.15. The first-order valence-electron chi connectivity index (χ1n) is 4.87. The van der Waals surface area contributed by atoms with Gasteiger partial charge in [-0.15, -0.1) is 0 Å². The van der Waals surface area contributed by atoms with E-state index in [0.717, 1.165) is 12.3 Å². The normalized spacial score (nSPS) is 10.1. The average molecular weight is 268 g/mol. The summed E-state index contributed by atoms with van der Waals surface area (Å²) in [5.74, 6) is -1.31. The van der Waals surface area contributed by atoms with Crippen LogP contribution in [0.3, 0.4) is 0 Å². The van der Waals surface area contributed by atoms with E-state index in [0.29, 0.717) is 0 Å². The Bertz CT molecular complexity index is 604. The predicted octanol–water partition coefficient (Wildman–Crippen LogP) is 3.36. The molecule has 0 spiro atoms. The van der Waals surface area contributed by atoms with E-state index in [9.17, 15) is 9.18 Å². The van der Waals surface area contributed by atoms with E-state index in [-0.39, 0.29) is 22.1 Å². The van der Waals surface area contributed by atoms with Gasteiger partial charge in [-0.3, -0.25) is 4.98 Å². The summed E-state index contributed by atoms with van der Waals surface area (Å²) < 4.78 is 18.2. The van der Waals surface area contributed by atoms with Gasteiger partial charge in [-0.1, -0.05) is 11.6 Å². The Morgan fingerprint density at radius 1 is 1.22 bits per heavy atom. The first-order chi connectivity index (χ1) is 8.54. The molecule has 0 bridgehead atoms. The van der Waals surface area contributed by atoms with E-state index >= 15 is 0 Å². The average Bonchev–Trinajstić information content (AvgIpc) is 2.28. The van der Waals surface area contributed by atoms with Gasteiger partial charge < -0.3 is 9.84 Å². The van der Waals surface area contributed by atoms with Gasteiger partial charge in [-0.05, 0) is 18.2 Å². The van der Waals surface area contributed by atoms with Crippen molar-refractivity contribution in [1.29, 1.82) is 0 Å². The highest BCUT2D eigenvalue weighted by Crippen LogP contribution is 2.26. The number of carbonyl (C=O) groups is 1. The zero-order valence-electron chi connectivity index (χ0n) is 8.93. The summed E-state index contributed by atoms with van der Waals surface area (Å²) in [6.45, 7) is 0. The molecule has 0 unspecified atom stereocenters. The summed E-state index contributed by atoms with van der Waals surface area (Å²) >= 11 is 5.76. The van der Waals surface area contributed by atoms with Gasteiger partial charge in [-0.2, -0.15) is 0 Å². The van der Waals surface area contributed by atoms with Crippen molar-refractivity contribution < 1.29 is 19.0 Å². The van der Waals surface area contributed by atoms with E-state index < -0.39 is 11.8 Å². The number of nitrogens with zero attached hydrogens (tertiary/aromatic N) is 1. The van der Waals surface area contributed by atoms with Crippen LogP contribution in [0.1, 0.15) is 10.4 Å². The number of carboxylic acids is 1. The third-order valence-corrected chi connectivity index (χ3v) is 2.25. The number of hydrogen-bond acceptors (Lipinski definition) is 3. The van der Waals surface area contributed by atoms with Crippen LogP contribution in [0.5, 0.6) is 11.5 Å². The van der Waals surface area contributed by atoms with Crippen LogP contribution < -0.4 is 4.74 Å². The summed E-state index contributed by atoms with van der Waals surface area (Å²) in [6.07, 6.45) is 2.35. The zero-order valence-corrected chi connectivity index (χ0v) is 9.69. The van der Waals surface area contributed by atoms with Crippen molar-refractivity contribution in [3.8, 4) is 11.5 Å². The van der Waals surface area contributed by atoms with Crippen molar-refractivity contribution in [2.75, 3.05) is 0 Å². The van der Waals surface area contributed by atoms with E-state index in [1.54, 1.807) is 0 Å². The number of halogens is 2. The fourth-order valence-corrected chi connectivity index (χ4v) is 1.55. The zero-order chi connectivity index (χ0) is 13.1. The molecule has 18 heavy (non-hydrogen) atoms. The minimum Gasteiger partial charge on any atom is -0.478 e. The molecule has 0 atom stereocenters. The SMILES string of the molecule is O=C(O)c1cc(Cl)cc(Oc2cncc(F)c2)c1. The van der Waals surface area contributed by atoms with Crippen molar-refractivity contribution in [2.24, 2.45) is 0 Å². The van der Waals surface area contributed by atoms with Crippen LogP contribution in [0.2, 0.25) is 5.02 Å². The van der Waals surface area contributed by atoms with Crippen LogP contribution in [-0.4, -0.2) is 16.1 Å². The molecule has 2 aromatic rings. The second-order valence-electron chi connectivity index (χ2n) is 3.42. The molecular weight excluding hydrogens is 261 g/mol. The molecular formula is C12H7ClFNO3. The Balaban J connectivity index is 2.31. The van der Waals surface area contributed by atoms with Crippen molar-refractivity contribution in [2.45, 2.75) is 0 Å². The summed E-state index contributed by atoms with van der Waals surface area (Å²) in [5, 5.41) is 9.07. The highest BCUT2D eigenvalue weighted by atomic mass is 35.5. The molecule has 1 N–H and O–H groups in total. The number of pyridine rings is 1. The molecule has 0 saturated carbocycles. The summed E-state index contributed by atoms with van der Waals surface area (Å²) in [7, 11) is 0. The highest BCUT2D eigenvalue weighted by molar-refractivity contribution is 6.31. The van der Waals surface area contributed by atoms with Gasteiger partial charge >= 0.3 is 5.97 Å². The lowest BCUT2D eigenvalue weighted by atomic mass is 10.2. The van der Waals surface area contributed by atoms with Crippen LogP contribution in [0.4, 0.5) is 4.39 Å². The molecule has 4 nitrogen and oxygen atoms in total. The molecule has 0 radical (unpaired) electrons. The van der Waals surface area contributed by atoms with Crippen LogP contribution >= 0.6 is 11.6 Å². The molecule has 2 rings (SSSR count). The van der Waals surface area contributed by atoms with Gasteiger partial charge in [0, 0.05) is 11.1 Å². The lowest BCUT2D eigenvalue weighted by Gasteiger charge is -2.06. The fourth-order valence-electron chi connectivity index (χ4n) is 1.33. The maximum Gasteiger partial charge on any atom is 0.335 e. The van der Waals surface area contributed by atoms with Crippen LogP contribution in [0, 0.1) is 5.82 Å². The van der Waals surface area contributed by atoms with Crippen LogP contribution in [0.15, 0.2) is 36.7 Å². The Morgan fingerprint density at radius 3 is 2.67 bits per heavy atom. The molecule has 0 fully saturated rings. The molecule has 0 aliphatic rings. The van der Waals surface area contributed by atoms with Gasteiger partial charge in [0.25, 0.3) is 0 Å². The Labute approximate surface area is 107 Å². The Hall–Kier alpha value is -2.14. The molecule has 0 amide bonds. The highest BCUT2D eigenvalue weighted by Gasteiger charge is 2.08. The van der Waals surface area contributed by atoms with Crippen LogP contribution in [0.25, 0.3) is 0 Å². The van der Waals surface area contributed by atoms with Gasteiger partial charge in [0.1, 0.15) is 17.3 Å². The number of carboxylic acid groups (broad SMARTS) is 1. The number of benzene rings is 1. The first-order valence-corrected chi connectivity index (χ1v) is 5.25. The number of rotatable bonds is 3. The lowest BCUT2D eigenvalue weighted by molar-refractivity contribution is 0.0696. The van der Waals surface area contributed by atoms with Gasteiger partial charge in [0.2, 0.25) is 0 Å². The Kier molecular flexibility index (Phi) is 3.43. The molecule has 0 saturated heterocycles. The van der Waals surface area contributed by atoms with E-state index in [4.69, 9.17) is 21.4 Å². The topological polar surface area (TPSA) is 59.4 Å². The smallest absolute Gasteiger partial charge is 0.335 e. The minimum absolute atomic E-state index is 0.0122. The Morgan fingerprint density at radius 2 is 2.00 bits per heavy atom. The molecule has 0 aliphatic heterocycles. The molecule has 1 heterocycles. The lowest BCUT2D eigenvalue weighted by Crippen LogP contribution is -1.97. The monoisotopic (exact) mass is 267 g/mol. The van der Waals surface area contributed by atoms with Crippen LogP contribution in [-0.2, 0) is 0 Å². The van der Waals surface area contributed by atoms with Gasteiger partial charge in [-0.25, -0.2) is 9.18 Å². The summed E-state index contributed by atoms with van der Waals surface area (Å²) in [4.78, 5) is 14.4. The second kappa shape index (κ2) is 5.01. The van der Waals surface area contributed by atoms with Crippen molar-refractivity contribution in [1.82, 2.24) is 4.98 Å². The van der Waals surface area contributed by atoms with Crippen molar-refractivity contribution in [3.05, 3.63) is 53.1 Å². The molecule has 1 aromatic heterocycles. The third kappa shape index (κ3) is 2.95. The standard InChI is InChI=1S/C12H7ClFNO3/c13-8-1-7(12(16)17)2-10(3-8)18-11-4-9(14)5-15-6-11/h1-6H,(H,16,17). The third-order valence-electron chi connectivity index (χ3n) is 2.03. The predicted molar refractivity (Wildman–Crippen MR) is 62.7 cm³/mol. The van der Waals surface area contributed by atoms with E-state index in [2.05, 4.69) is 4.98 Å². The summed E-state index contributed by atoms with van der Waals surface area (Å²) in [5.41, 5.74) is -0.0122. The fraction of sp³-hybridized carbons (Fsp3) is 0. The maximum atomic E-state index is 12.9. The van der Waals surface area contributed by atoms with Crippen molar-refractivity contribution in [3.63, 3.8) is 0 Å². The number of ether oxygens (including phenoxy) is 1. The number of hydrogen-bond donors (Lipinski definition) is 1. The molecule has 1 aromatic carbocycles. The molecule has 92 valence electrons. The quantitative estimate of drug-likeness (QED) is 0.926. The van der Waals surface area contributed by atoms with Crippen molar-refractivity contribution >= 4 is 17.6 Å². The molecule has 0 aliphatic carbocycles. The number of aromatic carboxylic acids is 1.